The summed E-state index contributed by atoms with van der Waals surface area (Å²) >= 11 is 6.65. The first-order valence-electron chi connectivity index (χ1n) is 12.4. The van der Waals surface area contributed by atoms with Crippen LogP contribution in [0.1, 0.15) is 17.2 Å². The lowest BCUT2D eigenvalue weighted by molar-refractivity contribution is 0.480. The minimum Gasteiger partial charge on any atom is -0.373 e. The van der Waals surface area contributed by atoms with E-state index >= 15 is 0 Å². The number of nitrogens with zero attached hydrogens (tertiary/aromatic N) is 5. The molecule has 13 heteroatoms. The molecule has 6 rings (SSSR count). The number of fused-ring (bicyclic) bond motifs is 1. The van der Waals surface area contributed by atoms with Crippen LogP contribution < -0.4 is 26.6 Å². The van der Waals surface area contributed by atoms with E-state index in [0.717, 1.165) is 23.5 Å². The van der Waals surface area contributed by atoms with Crippen LogP contribution in [0.2, 0.25) is 5.02 Å². The van der Waals surface area contributed by atoms with Crippen LogP contribution in [0, 0.1) is 28.9 Å². The molecule has 2 aromatic carbocycles. The van der Waals surface area contributed by atoms with Crippen LogP contribution in [-0.2, 0) is 0 Å². The molecule has 1 aliphatic rings. The molecule has 208 valence electrons. The number of halogens is 4. The van der Waals surface area contributed by atoms with Crippen molar-refractivity contribution >= 4 is 45.3 Å². The predicted molar refractivity (Wildman–Crippen MR) is 153 cm³/mol. The number of hydrogen-bond donors (Lipinski definition) is 4. The molecule has 4 heterocycles. The number of pyridine rings is 3. The Hall–Kier alpha value is -5.38. The fourth-order valence-electron chi connectivity index (χ4n) is 4.48. The van der Waals surface area contributed by atoms with Crippen molar-refractivity contribution in [3.8, 4) is 6.07 Å². The zero-order chi connectivity index (χ0) is 29.2. The van der Waals surface area contributed by atoms with Crippen molar-refractivity contribution < 1.29 is 13.2 Å². The van der Waals surface area contributed by atoms with Crippen LogP contribution in [0.5, 0.6) is 0 Å². The smallest absolute Gasteiger partial charge is 0.249 e. The van der Waals surface area contributed by atoms with E-state index < -0.39 is 17.8 Å². The second-order valence-corrected chi connectivity index (χ2v) is 9.57. The van der Waals surface area contributed by atoms with Crippen molar-refractivity contribution in [3.05, 3.63) is 125 Å². The molecule has 0 amide bonds. The molecule has 9 nitrogen and oxygen atoms in total. The maximum Gasteiger partial charge on any atom is 0.249 e. The first-order valence-corrected chi connectivity index (χ1v) is 12.8. The van der Waals surface area contributed by atoms with Crippen LogP contribution in [0.3, 0.4) is 0 Å². The van der Waals surface area contributed by atoms with E-state index in [4.69, 9.17) is 11.6 Å². The number of nitriles is 1. The molecule has 0 radical (unpaired) electrons. The van der Waals surface area contributed by atoms with Gasteiger partial charge in [0, 0.05) is 41.9 Å². The van der Waals surface area contributed by atoms with Crippen molar-refractivity contribution in [2.75, 3.05) is 15.6 Å². The molecule has 1 aliphatic heterocycles. The first-order chi connectivity index (χ1) is 20.4. The second-order valence-electron chi connectivity index (χ2n) is 9.16. The maximum atomic E-state index is 13.9. The highest BCUT2D eigenvalue weighted by atomic mass is 35.5. The number of hydrogen-bond acceptors (Lipinski definition) is 9. The lowest BCUT2D eigenvalue weighted by Gasteiger charge is -2.22. The number of rotatable bonds is 7. The van der Waals surface area contributed by atoms with E-state index in [0.29, 0.717) is 22.3 Å². The Bertz CT molecular complexity index is 1860. The van der Waals surface area contributed by atoms with Gasteiger partial charge in [-0.3, -0.25) is 15.0 Å². The van der Waals surface area contributed by atoms with E-state index in [1.165, 1.54) is 18.3 Å². The molecule has 0 saturated carbocycles. The zero-order valence-electron chi connectivity index (χ0n) is 21.4. The van der Waals surface area contributed by atoms with Gasteiger partial charge < -0.3 is 16.1 Å². The van der Waals surface area contributed by atoms with E-state index in [-0.39, 0.29) is 27.8 Å². The van der Waals surface area contributed by atoms with E-state index in [1.54, 1.807) is 41.7 Å². The van der Waals surface area contributed by atoms with Crippen molar-refractivity contribution in [3.63, 3.8) is 0 Å². The topological polar surface area (TPSA) is 114 Å². The summed E-state index contributed by atoms with van der Waals surface area (Å²) in [5.41, 5.74) is 9.95. The Balaban J connectivity index is 1.42. The quantitative estimate of drug-likeness (QED) is 0.165. The summed E-state index contributed by atoms with van der Waals surface area (Å²) in [5.74, 6) is -2.77. The zero-order valence-corrected chi connectivity index (χ0v) is 22.2. The molecule has 0 aliphatic carbocycles. The highest BCUT2D eigenvalue weighted by Crippen LogP contribution is 2.37. The largest absolute Gasteiger partial charge is 0.373 e. The van der Waals surface area contributed by atoms with Crippen molar-refractivity contribution in [2.24, 2.45) is 0 Å². The standard InChI is InChI=1S/C29H19ClF3N9/c30-23-10-19(9-22-26(17(12-34)13-36-28(22)23)39-20-11-24(32)29(33)37-14-20)38-27(16-1-3-18(31)4-2-16)25-15-42(41-40-25)21-5-7-35-8-6-21/h1-11,13-15,27,38,40-41H,(H,36,39)/t27-/m0/s1. The Morgan fingerprint density at radius 3 is 2.48 bits per heavy atom. The number of anilines is 4. The molecular weight excluding hydrogens is 567 g/mol. The van der Waals surface area contributed by atoms with Crippen LogP contribution in [0.25, 0.3) is 10.9 Å². The molecular formula is C29H19ClF3N9. The van der Waals surface area contributed by atoms with Crippen LogP contribution in [0.15, 0.2) is 91.3 Å². The molecule has 0 unspecified atom stereocenters. The van der Waals surface area contributed by atoms with Gasteiger partial charge in [0.15, 0.2) is 5.82 Å². The van der Waals surface area contributed by atoms with Crippen LogP contribution >= 0.6 is 11.6 Å². The highest BCUT2D eigenvalue weighted by Gasteiger charge is 2.24. The summed E-state index contributed by atoms with van der Waals surface area (Å²) in [5, 5.41) is 18.6. The van der Waals surface area contributed by atoms with Crippen molar-refractivity contribution in [1.82, 2.24) is 25.9 Å². The molecule has 5 aromatic rings. The number of benzene rings is 2. The van der Waals surface area contributed by atoms with Crippen molar-refractivity contribution in [1.29, 1.82) is 5.26 Å². The predicted octanol–water partition coefficient (Wildman–Crippen LogP) is 6.23. The average Bonchev–Trinajstić information content (AvgIpc) is 3.49. The van der Waals surface area contributed by atoms with Gasteiger partial charge >= 0.3 is 0 Å². The minimum absolute atomic E-state index is 0.124. The average molecular weight is 586 g/mol. The molecule has 1 atom stereocenters. The Kier molecular flexibility index (Phi) is 7.18. The number of aromatic nitrogens is 3. The SMILES string of the molecule is N#Cc1cnc2c(Cl)cc(N[C@H](C3=CN(c4ccncc4)NN3)c3ccc(F)cc3)cc2c1Nc1cnc(F)c(F)c1. The molecule has 0 fully saturated rings. The minimum atomic E-state index is -1.24. The summed E-state index contributed by atoms with van der Waals surface area (Å²) in [6.45, 7) is 0. The molecule has 0 saturated heterocycles. The Morgan fingerprint density at radius 2 is 1.74 bits per heavy atom. The summed E-state index contributed by atoms with van der Waals surface area (Å²) in [6.07, 6.45) is 7.63. The van der Waals surface area contributed by atoms with Gasteiger partial charge in [-0.2, -0.15) is 9.65 Å². The second kappa shape index (κ2) is 11.2. The van der Waals surface area contributed by atoms with E-state index in [9.17, 15) is 18.4 Å². The summed E-state index contributed by atoms with van der Waals surface area (Å²) in [6, 6.07) is 15.6. The number of hydrazine groups is 2. The van der Waals surface area contributed by atoms with Crippen LogP contribution in [0.4, 0.5) is 35.9 Å². The summed E-state index contributed by atoms with van der Waals surface area (Å²) < 4.78 is 41.1. The Labute approximate surface area is 242 Å². The van der Waals surface area contributed by atoms with Crippen molar-refractivity contribution in [2.45, 2.75) is 6.04 Å². The third kappa shape index (κ3) is 5.34. The molecule has 0 spiro atoms. The fourth-order valence-corrected chi connectivity index (χ4v) is 4.75. The highest BCUT2D eigenvalue weighted by molar-refractivity contribution is 6.36. The fraction of sp³-hybridized carbons (Fsp3) is 0.0345. The first kappa shape index (κ1) is 26.8. The van der Waals surface area contributed by atoms with Crippen LogP contribution in [-0.4, -0.2) is 15.0 Å². The third-order valence-corrected chi connectivity index (χ3v) is 6.75. The van der Waals surface area contributed by atoms with Gasteiger partial charge in [-0.1, -0.05) is 23.7 Å². The lowest BCUT2D eigenvalue weighted by Crippen LogP contribution is -2.37. The Morgan fingerprint density at radius 1 is 0.952 bits per heavy atom. The normalized spacial score (nSPS) is 13.3. The van der Waals surface area contributed by atoms with Gasteiger partial charge in [-0.05, 0) is 42.0 Å². The molecule has 42 heavy (non-hydrogen) atoms. The number of nitrogens with one attached hydrogen (secondary N) is 4. The van der Waals surface area contributed by atoms with Gasteiger partial charge in [0.1, 0.15) is 11.9 Å². The van der Waals surface area contributed by atoms with E-state index in [1.807, 2.05) is 18.3 Å². The van der Waals surface area contributed by atoms with Gasteiger partial charge in [0.2, 0.25) is 5.95 Å². The molecule has 4 N–H and O–H groups in total. The molecule has 0 bridgehead atoms. The van der Waals surface area contributed by atoms with Gasteiger partial charge in [0.05, 0.1) is 51.1 Å². The van der Waals surface area contributed by atoms with Gasteiger partial charge in [-0.15, -0.1) is 5.53 Å². The monoisotopic (exact) mass is 585 g/mol. The van der Waals surface area contributed by atoms with Gasteiger partial charge in [0.25, 0.3) is 0 Å². The van der Waals surface area contributed by atoms with Gasteiger partial charge in [-0.25, -0.2) is 13.8 Å². The third-order valence-electron chi connectivity index (χ3n) is 6.47. The maximum absolute atomic E-state index is 13.9. The lowest BCUT2D eigenvalue weighted by atomic mass is 10.0. The summed E-state index contributed by atoms with van der Waals surface area (Å²) in [7, 11) is 0. The van der Waals surface area contributed by atoms with E-state index in [2.05, 4.69) is 42.6 Å². The summed E-state index contributed by atoms with van der Waals surface area (Å²) in [4.78, 5) is 11.8. The molecule has 3 aromatic heterocycles.